The highest BCUT2D eigenvalue weighted by molar-refractivity contribution is 6.35. The predicted molar refractivity (Wildman–Crippen MR) is 138 cm³/mol. The van der Waals surface area contributed by atoms with Crippen molar-refractivity contribution in [1.82, 2.24) is 0 Å². The number of rotatable bonds is 6. The van der Waals surface area contributed by atoms with E-state index in [1.807, 2.05) is 42.5 Å². The van der Waals surface area contributed by atoms with Gasteiger partial charge in [-0.3, -0.25) is 4.79 Å². The van der Waals surface area contributed by atoms with Crippen molar-refractivity contribution in [2.75, 3.05) is 5.32 Å². The smallest absolute Gasteiger partial charge is 0.266 e. The summed E-state index contributed by atoms with van der Waals surface area (Å²) in [6.45, 7) is 0.186. The molecule has 7 heteroatoms. The maximum atomic E-state index is 12.8. The van der Waals surface area contributed by atoms with E-state index in [9.17, 15) is 10.1 Å². The number of nitriles is 1. The molecule has 34 heavy (non-hydrogen) atoms. The van der Waals surface area contributed by atoms with Gasteiger partial charge >= 0.3 is 0 Å². The Labute approximate surface area is 211 Å². The number of carbonyl (C=O) groups excluding carboxylic acids is 1. The molecule has 0 saturated heterocycles. The summed E-state index contributed by atoms with van der Waals surface area (Å²) in [5.74, 6) is -0.0441. The summed E-state index contributed by atoms with van der Waals surface area (Å²) in [4.78, 5) is 12.8. The Kier molecular flexibility index (Phi) is 7.40. The van der Waals surface area contributed by atoms with Gasteiger partial charge in [-0.25, -0.2) is 0 Å². The first-order valence-electron chi connectivity index (χ1n) is 10.2. The minimum atomic E-state index is -0.551. The first kappa shape index (κ1) is 23.7. The van der Waals surface area contributed by atoms with E-state index in [4.69, 9.17) is 39.5 Å². The molecule has 1 N–H and O–H groups in total. The second-order valence-electron chi connectivity index (χ2n) is 7.36. The SMILES string of the molecule is N#C/C(=C\c1c(OCc2ccc(Cl)cc2Cl)ccc2ccccc12)C(=O)Nc1cccc(Cl)c1. The van der Waals surface area contributed by atoms with Gasteiger partial charge in [0.05, 0.1) is 0 Å². The summed E-state index contributed by atoms with van der Waals surface area (Å²) >= 11 is 18.3. The first-order chi connectivity index (χ1) is 16.4. The number of halogens is 3. The number of anilines is 1. The van der Waals surface area contributed by atoms with Crippen LogP contribution < -0.4 is 10.1 Å². The maximum Gasteiger partial charge on any atom is 0.266 e. The average Bonchev–Trinajstić information content (AvgIpc) is 2.82. The van der Waals surface area contributed by atoms with E-state index in [1.54, 1.807) is 42.5 Å². The highest BCUT2D eigenvalue weighted by Crippen LogP contribution is 2.32. The van der Waals surface area contributed by atoms with Gasteiger partial charge in [0.1, 0.15) is 24.0 Å². The Balaban J connectivity index is 1.70. The van der Waals surface area contributed by atoms with Crippen LogP contribution in [0.3, 0.4) is 0 Å². The molecule has 0 bridgehead atoms. The fourth-order valence-corrected chi connectivity index (χ4v) is 4.06. The largest absolute Gasteiger partial charge is 0.488 e. The number of amides is 1. The van der Waals surface area contributed by atoms with Gasteiger partial charge in [0, 0.05) is 31.9 Å². The third-order valence-corrected chi connectivity index (χ3v) is 5.89. The Hall–Kier alpha value is -3.49. The maximum absolute atomic E-state index is 12.8. The zero-order chi connectivity index (χ0) is 24.1. The Morgan fingerprint density at radius 2 is 1.74 bits per heavy atom. The summed E-state index contributed by atoms with van der Waals surface area (Å²) in [5.41, 5.74) is 1.78. The Bertz CT molecular complexity index is 1460. The van der Waals surface area contributed by atoms with Gasteiger partial charge in [-0.05, 0) is 53.2 Å². The van der Waals surface area contributed by atoms with E-state index in [-0.39, 0.29) is 12.2 Å². The summed E-state index contributed by atoms with van der Waals surface area (Å²) in [5, 5.41) is 15.7. The molecule has 0 fully saturated rings. The number of hydrogen-bond acceptors (Lipinski definition) is 3. The van der Waals surface area contributed by atoms with Crippen LogP contribution in [0.5, 0.6) is 5.75 Å². The summed E-state index contributed by atoms with van der Waals surface area (Å²) < 4.78 is 6.08. The third-order valence-electron chi connectivity index (χ3n) is 5.07. The molecule has 0 unspecified atom stereocenters. The van der Waals surface area contributed by atoms with E-state index in [0.29, 0.717) is 32.1 Å². The number of nitrogens with one attached hydrogen (secondary N) is 1. The zero-order valence-electron chi connectivity index (χ0n) is 17.7. The quantitative estimate of drug-likeness (QED) is 0.213. The van der Waals surface area contributed by atoms with E-state index >= 15 is 0 Å². The van der Waals surface area contributed by atoms with Crippen LogP contribution in [0.25, 0.3) is 16.8 Å². The van der Waals surface area contributed by atoms with Gasteiger partial charge in [0.2, 0.25) is 0 Å². The van der Waals surface area contributed by atoms with Gasteiger partial charge < -0.3 is 10.1 Å². The van der Waals surface area contributed by atoms with Crippen LogP contribution in [0.4, 0.5) is 5.69 Å². The van der Waals surface area contributed by atoms with Crippen LogP contribution >= 0.6 is 34.8 Å². The molecular weight excluding hydrogens is 491 g/mol. The summed E-state index contributed by atoms with van der Waals surface area (Å²) in [7, 11) is 0. The number of benzene rings is 4. The normalized spacial score (nSPS) is 11.2. The van der Waals surface area contributed by atoms with Crippen LogP contribution in [0.15, 0.2) is 84.4 Å². The topological polar surface area (TPSA) is 62.1 Å². The number of ether oxygens (including phenoxy) is 1. The second kappa shape index (κ2) is 10.6. The summed E-state index contributed by atoms with van der Waals surface area (Å²) in [6, 6.07) is 25.3. The fraction of sp³-hybridized carbons (Fsp3) is 0.0370. The van der Waals surface area contributed by atoms with Crippen molar-refractivity contribution in [1.29, 1.82) is 5.26 Å². The van der Waals surface area contributed by atoms with Crippen molar-refractivity contribution in [3.05, 3.63) is 111 Å². The van der Waals surface area contributed by atoms with Crippen molar-refractivity contribution >= 4 is 63.2 Å². The average molecular weight is 508 g/mol. The third kappa shape index (κ3) is 5.52. The summed E-state index contributed by atoms with van der Waals surface area (Å²) in [6.07, 6.45) is 1.53. The Morgan fingerprint density at radius 1 is 0.941 bits per heavy atom. The molecule has 0 atom stereocenters. The fourth-order valence-electron chi connectivity index (χ4n) is 3.40. The molecule has 4 aromatic rings. The number of nitrogens with zero attached hydrogens (tertiary/aromatic N) is 1. The van der Waals surface area contributed by atoms with Gasteiger partial charge in [-0.1, -0.05) is 77.3 Å². The minimum absolute atomic E-state index is 0.0781. The van der Waals surface area contributed by atoms with E-state index < -0.39 is 5.91 Å². The van der Waals surface area contributed by atoms with Crippen LogP contribution in [-0.2, 0) is 11.4 Å². The molecule has 0 aromatic heterocycles. The molecule has 0 saturated carbocycles. The second-order valence-corrected chi connectivity index (χ2v) is 8.64. The van der Waals surface area contributed by atoms with E-state index in [1.165, 1.54) is 6.08 Å². The van der Waals surface area contributed by atoms with Gasteiger partial charge in [0.25, 0.3) is 5.91 Å². The molecule has 0 aliphatic carbocycles. The lowest BCUT2D eigenvalue weighted by molar-refractivity contribution is -0.112. The highest BCUT2D eigenvalue weighted by atomic mass is 35.5. The van der Waals surface area contributed by atoms with Gasteiger partial charge in [-0.2, -0.15) is 5.26 Å². The zero-order valence-corrected chi connectivity index (χ0v) is 20.0. The number of carbonyl (C=O) groups is 1. The van der Waals surface area contributed by atoms with Crippen LogP contribution in [-0.4, -0.2) is 5.91 Å². The molecule has 4 aromatic carbocycles. The minimum Gasteiger partial charge on any atom is -0.488 e. The Morgan fingerprint density at radius 3 is 2.50 bits per heavy atom. The van der Waals surface area contributed by atoms with Crippen molar-refractivity contribution in [3.8, 4) is 11.8 Å². The van der Waals surface area contributed by atoms with Crippen molar-refractivity contribution in [2.45, 2.75) is 6.61 Å². The lowest BCUT2D eigenvalue weighted by atomic mass is 10.0. The molecule has 4 rings (SSSR count). The number of hydrogen-bond donors (Lipinski definition) is 1. The molecule has 0 aliphatic heterocycles. The van der Waals surface area contributed by atoms with Gasteiger partial charge in [0.15, 0.2) is 0 Å². The molecular formula is C27H17Cl3N2O2. The molecule has 0 radical (unpaired) electrons. The molecule has 4 nitrogen and oxygen atoms in total. The van der Waals surface area contributed by atoms with Crippen LogP contribution in [0.2, 0.25) is 15.1 Å². The molecule has 0 aliphatic rings. The monoisotopic (exact) mass is 506 g/mol. The van der Waals surface area contributed by atoms with Crippen LogP contribution in [0, 0.1) is 11.3 Å². The highest BCUT2D eigenvalue weighted by Gasteiger charge is 2.14. The first-order valence-corrected chi connectivity index (χ1v) is 11.3. The van der Waals surface area contributed by atoms with Gasteiger partial charge in [-0.15, -0.1) is 0 Å². The van der Waals surface area contributed by atoms with Crippen molar-refractivity contribution in [2.24, 2.45) is 0 Å². The molecule has 1 amide bonds. The van der Waals surface area contributed by atoms with E-state index in [2.05, 4.69) is 5.32 Å². The predicted octanol–water partition coefficient (Wildman–Crippen LogP) is 7.92. The molecule has 0 heterocycles. The lowest BCUT2D eigenvalue weighted by Crippen LogP contribution is -2.13. The molecule has 0 spiro atoms. The standard InChI is InChI=1S/C27H17Cl3N2O2/c28-20-5-3-6-22(13-20)32-27(33)19(15-31)12-24-23-7-2-1-4-17(23)9-11-26(24)34-16-18-8-10-21(29)14-25(18)30/h1-14H,16H2,(H,32,33)/b19-12+. The lowest BCUT2D eigenvalue weighted by Gasteiger charge is -2.14. The van der Waals surface area contributed by atoms with Crippen LogP contribution in [0.1, 0.15) is 11.1 Å². The van der Waals surface area contributed by atoms with Crippen molar-refractivity contribution in [3.63, 3.8) is 0 Å². The van der Waals surface area contributed by atoms with E-state index in [0.717, 1.165) is 16.3 Å². The van der Waals surface area contributed by atoms with Crippen molar-refractivity contribution < 1.29 is 9.53 Å². The number of fused-ring (bicyclic) bond motifs is 1. The molecule has 168 valence electrons.